The van der Waals surface area contributed by atoms with Crippen molar-refractivity contribution >= 4 is 11.6 Å². The first-order chi connectivity index (χ1) is 12.2. The van der Waals surface area contributed by atoms with E-state index < -0.39 is 0 Å². The normalized spacial score (nSPS) is 10.4. The Labute approximate surface area is 149 Å². The molecule has 2 aromatic rings. The second-order valence-corrected chi connectivity index (χ2v) is 5.81. The molecule has 0 saturated heterocycles. The van der Waals surface area contributed by atoms with E-state index in [1.807, 2.05) is 43.3 Å². The molecule has 0 spiro atoms. The maximum atomic E-state index is 12.1. The molecule has 0 saturated carbocycles. The van der Waals surface area contributed by atoms with Gasteiger partial charge in [-0.3, -0.25) is 4.79 Å². The number of nitrogens with one attached hydrogen (secondary N) is 2. The quantitative estimate of drug-likeness (QED) is 0.655. The van der Waals surface area contributed by atoms with Crippen LogP contribution in [0.5, 0.6) is 5.75 Å². The van der Waals surface area contributed by atoms with E-state index in [2.05, 4.69) is 17.6 Å². The molecule has 0 aliphatic carbocycles. The highest BCUT2D eigenvalue weighted by atomic mass is 16.5. The molecule has 1 amide bonds. The van der Waals surface area contributed by atoms with Crippen LogP contribution in [0.1, 0.15) is 34.8 Å². The Morgan fingerprint density at radius 2 is 2.00 bits per heavy atom. The Bertz CT molecular complexity index is 701. The Kier molecular flexibility index (Phi) is 7.29. The standard InChI is InChI=1S/C20H26N2O3/c1-3-12-25-17-7-4-6-16(13-17)14-22-19-9-5-8-18(15(19)2)20(24)21-10-11-23/h4-9,13,22-23H,3,10-12,14H2,1-2H3,(H,21,24). The average molecular weight is 342 g/mol. The number of amides is 1. The van der Waals surface area contributed by atoms with Gasteiger partial charge < -0.3 is 20.5 Å². The maximum absolute atomic E-state index is 12.1. The van der Waals surface area contributed by atoms with Gasteiger partial charge in [-0.2, -0.15) is 0 Å². The number of ether oxygens (including phenoxy) is 1. The van der Waals surface area contributed by atoms with E-state index in [-0.39, 0.29) is 19.1 Å². The summed E-state index contributed by atoms with van der Waals surface area (Å²) in [5, 5.41) is 14.9. The van der Waals surface area contributed by atoms with Gasteiger partial charge in [0.1, 0.15) is 5.75 Å². The van der Waals surface area contributed by atoms with E-state index >= 15 is 0 Å². The molecule has 5 heteroatoms. The summed E-state index contributed by atoms with van der Waals surface area (Å²) >= 11 is 0. The summed E-state index contributed by atoms with van der Waals surface area (Å²) in [4.78, 5) is 12.1. The van der Waals surface area contributed by atoms with Gasteiger partial charge in [0.05, 0.1) is 13.2 Å². The van der Waals surface area contributed by atoms with Crippen LogP contribution in [0.4, 0.5) is 5.69 Å². The van der Waals surface area contributed by atoms with Crippen LogP contribution in [-0.4, -0.2) is 30.8 Å². The molecule has 0 radical (unpaired) electrons. The van der Waals surface area contributed by atoms with Crippen molar-refractivity contribution in [2.24, 2.45) is 0 Å². The summed E-state index contributed by atoms with van der Waals surface area (Å²) in [7, 11) is 0. The molecule has 0 fully saturated rings. The van der Waals surface area contributed by atoms with Gasteiger partial charge in [-0.15, -0.1) is 0 Å². The van der Waals surface area contributed by atoms with Gasteiger partial charge in [0, 0.05) is 24.3 Å². The number of benzene rings is 2. The average Bonchev–Trinajstić information content (AvgIpc) is 2.64. The summed E-state index contributed by atoms with van der Waals surface area (Å²) in [6.07, 6.45) is 0.979. The van der Waals surface area contributed by atoms with Crippen LogP contribution >= 0.6 is 0 Å². The maximum Gasteiger partial charge on any atom is 0.251 e. The molecule has 2 aromatic carbocycles. The van der Waals surface area contributed by atoms with Gasteiger partial charge in [-0.05, 0) is 48.7 Å². The summed E-state index contributed by atoms with van der Waals surface area (Å²) < 4.78 is 5.66. The zero-order valence-electron chi connectivity index (χ0n) is 14.8. The van der Waals surface area contributed by atoms with Crippen LogP contribution in [0.15, 0.2) is 42.5 Å². The van der Waals surface area contributed by atoms with Gasteiger partial charge in [-0.25, -0.2) is 0 Å². The topological polar surface area (TPSA) is 70.6 Å². The van der Waals surface area contributed by atoms with Crippen LogP contribution in [0.2, 0.25) is 0 Å². The van der Waals surface area contributed by atoms with Gasteiger partial charge >= 0.3 is 0 Å². The molecule has 5 nitrogen and oxygen atoms in total. The number of aliphatic hydroxyl groups is 1. The van der Waals surface area contributed by atoms with Crippen molar-refractivity contribution in [3.63, 3.8) is 0 Å². The lowest BCUT2D eigenvalue weighted by atomic mass is 10.1. The number of hydrogen-bond acceptors (Lipinski definition) is 4. The highest BCUT2D eigenvalue weighted by Gasteiger charge is 2.11. The molecule has 0 atom stereocenters. The Morgan fingerprint density at radius 1 is 1.20 bits per heavy atom. The lowest BCUT2D eigenvalue weighted by Crippen LogP contribution is -2.27. The first-order valence-corrected chi connectivity index (χ1v) is 8.60. The number of aliphatic hydroxyl groups excluding tert-OH is 1. The highest BCUT2D eigenvalue weighted by molar-refractivity contribution is 5.97. The van der Waals surface area contributed by atoms with Crippen LogP contribution < -0.4 is 15.4 Å². The summed E-state index contributed by atoms with van der Waals surface area (Å²) in [6.45, 7) is 5.53. The predicted octanol–water partition coefficient (Wildman–Crippen LogP) is 3.12. The predicted molar refractivity (Wildman–Crippen MR) is 100 cm³/mol. The monoisotopic (exact) mass is 342 g/mol. The lowest BCUT2D eigenvalue weighted by Gasteiger charge is -2.14. The first-order valence-electron chi connectivity index (χ1n) is 8.60. The molecular formula is C20H26N2O3. The third kappa shape index (κ3) is 5.50. The minimum atomic E-state index is -0.176. The minimum absolute atomic E-state index is 0.0703. The van der Waals surface area contributed by atoms with Crippen molar-refractivity contribution in [3.8, 4) is 5.75 Å². The van der Waals surface area contributed by atoms with Crippen molar-refractivity contribution in [2.75, 3.05) is 25.1 Å². The zero-order valence-corrected chi connectivity index (χ0v) is 14.8. The number of rotatable bonds is 9. The van der Waals surface area contributed by atoms with E-state index in [9.17, 15) is 4.79 Å². The van der Waals surface area contributed by atoms with Gasteiger partial charge in [-0.1, -0.05) is 25.1 Å². The molecule has 3 N–H and O–H groups in total. The molecular weight excluding hydrogens is 316 g/mol. The summed E-state index contributed by atoms with van der Waals surface area (Å²) in [5.41, 5.74) is 3.52. The van der Waals surface area contributed by atoms with E-state index in [0.29, 0.717) is 18.7 Å². The third-order valence-corrected chi connectivity index (χ3v) is 3.83. The molecule has 0 unspecified atom stereocenters. The fourth-order valence-corrected chi connectivity index (χ4v) is 2.50. The van der Waals surface area contributed by atoms with Crippen LogP contribution in [0, 0.1) is 6.92 Å². The Balaban J connectivity index is 2.04. The van der Waals surface area contributed by atoms with Crippen molar-refractivity contribution in [2.45, 2.75) is 26.8 Å². The van der Waals surface area contributed by atoms with Crippen molar-refractivity contribution in [3.05, 3.63) is 59.2 Å². The SMILES string of the molecule is CCCOc1cccc(CNc2cccc(C(=O)NCCO)c2C)c1. The number of hydrogen-bond donors (Lipinski definition) is 3. The molecule has 25 heavy (non-hydrogen) atoms. The fraction of sp³-hybridized carbons (Fsp3) is 0.350. The summed E-state index contributed by atoms with van der Waals surface area (Å²) in [5.74, 6) is 0.695. The van der Waals surface area contributed by atoms with E-state index in [4.69, 9.17) is 9.84 Å². The van der Waals surface area contributed by atoms with E-state index in [0.717, 1.165) is 29.0 Å². The zero-order chi connectivity index (χ0) is 18.1. The molecule has 0 aliphatic rings. The molecule has 0 heterocycles. The molecule has 2 rings (SSSR count). The van der Waals surface area contributed by atoms with Gasteiger partial charge in [0.25, 0.3) is 5.91 Å². The van der Waals surface area contributed by atoms with Crippen molar-refractivity contribution in [1.29, 1.82) is 0 Å². The third-order valence-electron chi connectivity index (χ3n) is 3.83. The number of anilines is 1. The summed E-state index contributed by atoms with van der Waals surface area (Å²) in [6, 6.07) is 13.6. The molecule has 0 aromatic heterocycles. The Hall–Kier alpha value is -2.53. The van der Waals surface area contributed by atoms with Crippen molar-refractivity contribution in [1.82, 2.24) is 5.32 Å². The Morgan fingerprint density at radius 3 is 2.76 bits per heavy atom. The number of carbonyl (C=O) groups excluding carboxylic acids is 1. The molecule has 134 valence electrons. The fourth-order valence-electron chi connectivity index (χ4n) is 2.50. The smallest absolute Gasteiger partial charge is 0.251 e. The van der Waals surface area contributed by atoms with Gasteiger partial charge in [0.2, 0.25) is 0 Å². The second-order valence-electron chi connectivity index (χ2n) is 5.81. The van der Waals surface area contributed by atoms with Crippen LogP contribution in [0.3, 0.4) is 0 Å². The largest absolute Gasteiger partial charge is 0.494 e. The first kappa shape index (κ1) is 18.8. The van der Waals surface area contributed by atoms with Crippen LogP contribution in [0.25, 0.3) is 0 Å². The van der Waals surface area contributed by atoms with Crippen LogP contribution in [-0.2, 0) is 6.54 Å². The van der Waals surface area contributed by atoms with Crippen molar-refractivity contribution < 1.29 is 14.6 Å². The second kappa shape index (κ2) is 9.69. The lowest BCUT2D eigenvalue weighted by molar-refractivity contribution is 0.0944. The van der Waals surface area contributed by atoms with Gasteiger partial charge in [0.15, 0.2) is 0 Å². The van der Waals surface area contributed by atoms with E-state index in [1.54, 1.807) is 6.07 Å². The minimum Gasteiger partial charge on any atom is -0.494 e. The number of carbonyl (C=O) groups is 1. The molecule has 0 bridgehead atoms. The molecule has 0 aliphatic heterocycles. The van der Waals surface area contributed by atoms with E-state index in [1.165, 1.54) is 0 Å². The highest BCUT2D eigenvalue weighted by Crippen LogP contribution is 2.21.